The van der Waals surface area contributed by atoms with Gasteiger partial charge in [0.2, 0.25) is 0 Å². The molecule has 0 radical (unpaired) electrons. The minimum absolute atomic E-state index is 0.537. The zero-order valence-corrected chi connectivity index (χ0v) is 20.3. The van der Waals surface area contributed by atoms with Crippen LogP contribution in [0.25, 0.3) is 0 Å². The molecule has 4 N–H and O–H groups in total. The molecule has 8 atom stereocenters. The van der Waals surface area contributed by atoms with E-state index in [1.165, 1.54) is 25.7 Å². The number of hydrogen-bond donors (Lipinski definition) is 4. The van der Waals surface area contributed by atoms with Crippen molar-refractivity contribution < 1.29 is 0 Å². The van der Waals surface area contributed by atoms with Crippen molar-refractivity contribution in [3.63, 3.8) is 0 Å². The predicted molar refractivity (Wildman–Crippen MR) is 125 cm³/mol. The highest BCUT2D eigenvalue weighted by molar-refractivity contribution is 4.88. The molecule has 4 heteroatoms. The van der Waals surface area contributed by atoms with Crippen molar-refractivity contribution in [3.8, 4) is 0 Å². The normalized spacial score (nSPS) is 32.6. The van der Waals surface area contributed by atoms with Crippen molar-refractivity contribution in [3.05, 3.63) is 0 Å². The molecule has 4 unspecified atom stereocenters. The van der Waals surface area contributed by atoms with Crippen LogP contribution in [0.15, 0.2) is 0 Å². The van der Waals surface area contributed by atoms with Gasteiger partial charge < -0.3 is 21.3 Å². The standard InChI is InChI=1S/C24H52N4/c1-9-17(5)21-13-26-23(19(7)11-3)15-28-24(20(8)12-4)16-27-22(14-25-21)18(6)10-2/h17-28H,9-16H2,1-8H3/t17?,18?,19?,20?,21-,22-,23-,24-/m1/s1. The summed E-state index contributed by atoms with van der Waals surface area (Å²) in [5.41, 5.74) is 0. The fraction of sp³-hybridized carbons (Fsp3) is 1.00. The Kier molecular flexibility index (Phi) is 12.9. The third-order valence-electron chi connectivity index (χ3n) is 7.72. The van der Waals surface area contributed by atoms with Gasteiger partial charge in [-0.2, -0.15) is 0 Å². The SMILES string of the molecule is CCC(C)[C@H]1CN[C@@H](C(C)CC)CN[C@@H](C(C)CC)CN[C@@H](C(C)CC)CN1. The van der Waals surface area contributed by atoms with Gasteiger partial charge in [0.05, 0.1) is 0 Å². The second-order valence-electron chi connectivity index (χ2n) is 9.60. The molecule has 1 rings (SSSR count). The Hall–Kier alpha value is -0.160. The first-order valence-electron chi connectivity index (χ1n) is 12.3. The van der Waals surface area contributed by atoms with Gasteiger partial charge in [-0.3, -0.25) is 0 Å². The lowest BCUT2D eigenvalue weighted by Crippen LogP contribution is -2.58. The van der Waals surface area contributed by atoms with Crippen molar-refractivity contribution in [1.29, 1.82) is 0 Å². The van der Waals surface area contributed by atoms with E-state index in [2.05, 4.69) is 76.7 Å². The molecule has 168 valence electrons. The van der Waals surface area contributed by atoms with E-state index in [-0.39, 0.29) is 0 Å². The van der Waals surface area contributed by atoms with Gasteiger partial charge in [-0.1, -0.05) is 81.1 Å². The molecule has 0 aromatic rings. The van der Waals surface area contributed by atoms with Crippen LogP contribution in [-0.2, 0) is 0 Å². The van der Waals surface area contributed by atoms with Gasteiger partial charge in [0, 0.05) is 50.3 Å². The number of hydrogen-bond acceptors (Lipinski definition) is 4. The Bertz CT molecular complexity index is 301. The summed E-state index contributed by atoms with van der Waals surface area (Å²) in [5, 5.41) is 15.8. The zero-order valence-electron chi connectivity index (χ0n) is 20.3. The maximum absolute atomic E-state index is 3.94. The van der Waals surface area contributed by atoms with Gasteiger partial charge in [0.15, 0.2) is 0 Å². The van der Waals surface area contributed by atoms with E-state index in [1.54, 1.807) is 0 Å². The Morgan fingerprint density at radius 1 is 0.464 bits per heavy atom. The van der Waals surface area contributed by atoms with Crippen LogP contribution in [0.3, 0.4) is 0 Å². The van der Waals surface area contributed by atoms with E-state index >= 15 is 0 Å². The average Bonchev–Trinajstić information content (AvgIpc) is 2.71. The van der Waals surface area contributed by atoms with Crippen molar-refractivity contribution in [1.82, 2.24) is 21.3 Å². The summed E-state index contributed by atoms with van der Waals surface area (Å²) >= 11 is 0. The van der Waals surface area contributed by atoms with Crippen LogP contribution in [0.1, 0.15) is 81.1 Å². The molecule has 4 nitrogen and oxygen atoms in total. The highest BCUT2D eigenvalue weighted by Gasteiger charge is 2.26. The molecular weight excluding hydrogens is 344 g/mol. The first-order valence-corrected chi connectivity index (χ1v) is 12.3. The van der Waals surface area contributed by atoms with Gasteiger partial charge in [-0.25, -0.2) is 0 Å². The number of rotatable bonds is 8. The van der Waals surface area contributed by atoms with Crippen molar-refractivity contribution in [2.75, 3.05) is 26.2 Å². The van der Waals surface area contributed by atoms with Crippen LogP contribution < -0.4 is 21.3 Å². The molecule has 1 saturated heterocycles. The fourth-order valence-corrected chi connectivity index (χ4v) is 4.15. The van der Waals surface area contributed by atoms with Gasteiger partial charge in [-0.05, 0) is 23.7 Å². The van der Waals surface area contributed by atoms with Gasteiger partial charge in [0.1, 0.15) is 0 Å². The Balaban J connectivity index is 2.98. The summed E-state index contributed by atoms with van der Waals surface area (Å²) in [6.45, 7) is 23.1. The summed E-state index contributed by atoms with van der Waals surface area (Å²) in [5.74, 6) is 2.75. The summed E-state index contributed by atoms with van der Waals surface area (Å²) in [6.07, 6.45) is 4.90. The fourth-order valence-electron chi connectivity index (χ4n) is 4.15. The minimum Gasteiger partial charge on any atom is -0.311 e. The quantitative estimate of drug-likeness (QED) is 0.500. The molecular formula is C24H52N4. The molecule has 0 aromatic heterocycles. The highest BCUT2D eigenvalue weighted by Crippen LogP contribution is 2.15. The lowest BCUT2D eigenvalue weighted by atomic mass is 9.92. The Morgan fingerprint density at radius 3 is 0.786 bits per heavy atom. The topological polar surface area (TPSA) is 48.1 Å². The molecule has 28 heavy (non-hydrogen) atoms. The largest absolute Gasteiger partial charge is 0.311 e. The monoisotopic (exact) mass is 396 g/mol. The molecule has 0 amide bonds. The van der Waals surface area contributed by atoms with E-state index in [1.807, 2.05) is 0 Å². The smallest absolute Gasteiger partial charge is 0.0218 e. The van der Waals surface area contributed by atoms with Gasteiger partial charge in [0.25, 0.3) is 0 Å². The molecule has 0 aromatic carbocycles. The summed E-state index contributed by atoms with van der Waals surface area (Å²) < 4.78 is 0. The Morgan fingerprint density at radius 2 is 0.643 bits per heavy atom. The third-order valence-corrected chi connectivity index (χ3v) is 7.72. The van der Waals surface area contributed by atoms with Crippen LogP contribution in [-0.4, -0.2) is 50.3 Å². The molecule has 1 aliphatic heterocycles. The van der Waals surface area contributed by atoms with Crippen molar-refractivity contribution in [2.24, 2.45) is 23.7 Å². The first-order chi connectivity index (χ1) is 13.4. The van der Waals surface area contributed by atoms with Crippen molar-refractivity contribution in [2.45, 2.75) is 105 Å². The average molecular weight is 397 g/mol. The molecule has 0 spiro atoms. The van der Waals surface area contributed by atoms with Crippen LogP contribution >= 0.6 is 0 Å². The van der Waals surface area contributed by atoms with Gasteiger partial charge in [-0.15, -0.1) is 0 Å². The minimum atomic E-state index is 0.537. The maximum Gasteiger partial charge on any atom is 0.0218 e. The second kappa shape index (κ2) is 14.0. The van der Waals surface area contributed by atoms with Crippen LogP contribution in [0.5, 0.6) is 0 Å². The van der Waals surface area contributed by atoms with E-state index in [9.17, 15) is 0 Å². The van der Waals surface area contributed by atoms with Gasteiger partial charge >= 0.3 is 0 Å². The Labute approximate surface area is 176 Å². The summed E-state index contributed by atoms with van der Waals surface area (Å²) in [6, 6.07) is 2.15. The molecule has 1 aliphatic rings. The lowest BCUT2D eigenvalue weighted by molar-refractivity contribution is 0.238. The summed E-state index contributed by atoms with van der Waals surface area (Å²) in [4.78, 5) is 0. The first kappa shape index (κ1) is 25.9. The molecule has 0 saturated carbocycles. The van der Waals surface area contributed by atoms with Crippen molar-refractivity contribution >= 4 is 0 Å². The molecule has 0 bridgehead atoms. The molecule has 1 fully saturated rings. The molecule has 0 aliphatic carbocycles. The molecule has 1 heterocycles. The van der Waals surface area contributed by atoms with Crippen LogP contribution in [0.4, 0.5) is 0 Å². The van der Waals surface area contributed by atoms with Crippen LogP contribution in [0.2, 0.25) is 0 Å². The second-order valence-corrected chi connectivity index (χ2v) is 9.60. The summed E-state index contributed by atoms with van der Waals surface area (Å²) in [7, 11) is 0. The third kappa shape index (κ3) is 8.30. The van der Waals surface area contributed by atoms with E-state index in [4.69, 9.17) is 0 Å². The predicted octanol–water partition coefficient (Wildman–Crippen LogP) is 4.02. The highest BCUT2D eigenvalue weighted by atomic mass is 15.1. The van der Waals surface area contributed by atoms with E-state index in [0.717, 1.165) is 26.2 Å². The van der Waals surface area contributed by atoms with E-state index in [0.29, 0.717) is 47.8 Å². The number of nitrogens with one attached hydrogen (secondary N) is 4. The zero-order chi connectivity index (χ0) is 21.1. The maximum atomic E-state index is 3.94. The lowest BCUT2D eigenvalue weighted by Gasteiger charge is -2.36. The van der Waals surface area contributed by atoms with Crippen LogP contribution in [0, 0.1) is 23.7 Å². The van der Waals surface area contributed by atoms with E-state index < -0.39 is 0 Å².